The lowest BCUT2D eigenvalue weighted by atomic mass is 9.66. The summed E-state index contributed by atoms with van der Waals surface area (Å²) in [5, 5.41) is 10.7. The Kier molecular flexibility index (Phi) is 3.50. The van der Waals surface area contributed by atoms with E-state index in [0.29, 0.717) is 5.92 Å². The molecule has 2 rings (SSSR count). The van der Waals surface area contributed by atoms with E-state index >= 15 is 0 Å². The molecule has 0 aromatic heterocycles. The average Bonchev–Trinajstić information content (AvgIpc) is 2.22. The zero-order valence-electron chi connectivity index (χ0n) is 9.91. The smallest absolute Gasteiger partial charge is 0.0715 e. The summed E-state index contributed by atoms with van der Waals surface area (Å²) in [6, 6.07) is 0. The van der Waals surface area contributed by atoms with Gasteiger partial charge in [0.05, 0.1) is 5.60 Å². The average molecular weight is 208 g/mol. The number of rotatable bonds is 1. The third-order valence-corrected chi connectivity index (χ3v) is 4.50. The van der Waals surface area contributed by atoms with E-state index in [4.69, 9.17) is 0 Å². The van der Waals surface area contributed by atoms with E-state index in [-0.39, 0.29) is 5.60 Å². The molecule has 1 N–H and O–H groups in total. The van der Waals surface area contributed by atoms with Crippen LogP contribution in [0.3, 0.4) is 0 Å². The van der Waals surface area contributed by atoms with Crippen molar-refractivity contribution >= 4 is 0 Å². The Labute approximate surface area is 93.6 Å². The highest BCUT2D eigenvalue weighted by Crippen LogP contribution is 2.43. The molecule has 0 spiro atoms. The van der Waals surface area contributed by atoms with E-state index in [9.17, 15) is 5.11 Å². The van der Waals surface area contributed by atoms with Crippen molar-refractivity contribution in [3.63, 3.8) is 0 Å². The first-order valence-electron chi connectivity index (χ1n) is 6.63. The molecule has 0 bridgehead atoms. The molecule has 86 valence electrons. The highest BCUT2D eigenvalue weighted by Gasteiger charge is 2.40. The van der Waals surface area contributed by atoms with Crippen molar-refractivity contribution in [2.24, 2.45) is 11.8 Å². The Morgan fingerprint density at radius 3 is 2.93 bits per heavy atom. The molecular weight excluding hydrogens is 184 g/mol. The number of aliphatic hydroxyl groups is 1. The van der Waals surface area contributed by atoms with Crippen LogP contribution in [-0.2, 0) is 0 Å². The van der Waals surface area contributed by atoms with Crippen LogP contribution in [-0.4, -0.2) is 10.7 Å². The molecular formula is C14H24O. The molecule has 2 aliphatic rings. The largest absolute Gasteiger partial charge is 0.389 e. The highest BCUT2D eigenvalue weighted by atomic mass is 16.3. The van der Waals surface area contributed by atoms with Crippen molar-refractivity contribution in [1.29, 1.82) is 0 Å². The van der Waals surface area contributed by atoms with Gasteiger partial charge in [0, 0.05) is 0 Å². The predicted octanol–water partition coefficient (Wildman–Crippen LogP) is 3.67. The van der Waals surface area contributed by atoms with Gasteiger partial charge in [-0.15, -0.1) is 0 Å². The van der Waals surface area contributed by atoms with Crippen LogP contribution in [0.4, 0.5) is 0 Å². The van der Waals surface area contributed by atoms with Gasteiger partial charge in [-0.1, -0.05) is 51.2 Å². The third kappa shape index (κ3) is 2.28. The van der Waals surface area contributed by atoms with Crippen molar-refractivity contribution in [2.75, 3.05) is 0 Å². The lowest BCUT2D eigenvalue weighted by molar-refractivity contribution is -0.0600. The van der Waals surface area contributed by atoms with Gasteiger partial charge >= 0.3 is 0 Å². The summed E-state index contributed by atoms with van der Waals surface area (Å²) in [6.45, 7) is 2.28. The molecule has 0 aliphatic heterocycles. The zero-order valence-corrected chi connectivity index (χ0v) is 9.91. The number of hydrogen-bond acceptors (Lipinski definition) is 1. The van der Waals surface area contributed by atoms with E-state index in [0.717, 1.165) is 25.2 Å². The van der Waals surface area contributed by atoms with E-state index in [1.807, 2.05) is 0 Å². The Bertz CT molecular complexity index is 233. The van der Waals surface area contributed by atoms with Gasteiger partial charge in [-0.2, -0.15) is 0 Å². The monoisotopic (exact) mass is 208 g/mol. The molecule has 0 saturated heterocycles. The van der Waals surface area contributed by atoms with Crippen LogP contribution in [0.2, 0.25) is 0 Å². The molecule has 1 fully saturated rings. The summed E-state index contributed by atoms with van der Waals surface area (Å²) in [5.74, 6) is 1.29. The Morgan fingerprint density at radius 2 is 2.13 bits per heavy atom. The Hall–Kier alpha value is -0.300. The maximum atomic E-state index is 10.7. The first-order valence-corrected chi connectivity index (χ1v) is 6.63. The molecule has 0 unspecified atom stereocenters. The molecule has 1 heteroatoms. The molecule has 1 nitrogen and oxygen atoms in total. The SMILES string of the molecule is CC[C@H]1CCCCC[C@@]2(O)CC=CC[C@H]12. The van der Waals surface area contributed by atoms with Crippen LogP contribution < -0.4 is 0 Å². The van der Waals surface area contributed by atoms with Crippen LogP contribution in [0.1, 0.15) is 58.3 Å². The molecule has 0 aromatic carbocycles. The molecule has 1 saturated carbocycles. The van der Waals surface area contributed by atoms with E-state index < -0.39 is 0 Å². The van der Waals surface area contributed by atoms with Crippen molar-refractivity contribution in [3.05, 3.63) is 12.2 Å². The van der Waals surface area contributed by atoms with Crippen molar-refractivity contribution in [1.82, 2.24) is 0 Å². The quantitative estimate of drug-likeness (QED) is 0.652. The minimum Gasteiger partial charge on any atom is -0.389 e. The fraction of sp³-hybridized carbons (Fsp3) is 0.857. The fourth-order valence-corrected chi connectivity index (χ4v) is 3.52. The lowest BCUT2D eigenvalue weighted by Gasteiger charge is -2.43. The van der Waals surface area contributed by atoms with E-state index in [2.05, 4.69) is 19.1 Å². The second-order valence-electron chi connectivity index (χ2n) is 5.39. The minimum atomic E-state index is -0.365. The molecule has 0 radical (unpaired) electrons. The summed E-state index contributed by atoms with van der Waals surface area (Å²) >= 11 is 0. The first-order chi connectivity index (χ1) is 7.26. The van der Waals surface area contributed by atoms with Gasteiger partial charge < -0.3 is 5.11 Å². The van der Waals surface area contributed by atoms with Gasteiger partial charge in [-0.3, -0.25) is 0 Å². The molecule has 2 aliphatic carbocycles. The van der Waals surface area contributed by atoms with Gasteiger partial charge in [0.1, 0.15) is 0 Å². The molecule has 0 amide bonds. The fourth-order valence-electron chi connectivity index (χ4n) is 3.52. The molecule has 3 atom stereocenters. The maximum absolute atomic E-state index is 10.7. The van der Waals surface area contributed by atoms with Gasteiger partial charge in [0.15, 0.2) is 0 Å². The zero-order chi connectivity index (χ0) is 10.7. The Morgan fingerprint density at radius 1 is 1.27 bits per heavy atom. The van der Waals surface area contributed by atoms with Crippen molar-refractivity contribution in [2.45, 2.75) is 63.9 Å². The van der Waals surface area contributed by atoms with Crippen LogP contribution in [0.25, 0.3) is 0 Å². The van der Waals surface area contributed by atoms with Gasteiger partial charge in [-0.25, -0.2) is 0 Å². The van der Waals surface area contributed by atoms with Crippen molar-refractivity contribution in [3.8, 4) is 0 Å². The molecule has 15 heavy (non-hydrogen) atoms. The van der Waals surface area contributed by atoms with Crippen LogP contribution in [0, 0.1) is 11.8 Å². The number of hydrogen-bond donors (Lipinski definition) is 1. The second kappa shape index (κ2) is 4.69. The van der Waals surface area contributed by atoms with Crippen LogP contribution >= 0.6 is 0 Å². The topological polar surface area (TPSA) is 20.2 Å². The first kappa shape index (κ1) is 11.2. The van der Waals surface area contributed by atoms with Crippen LogP contribution in [0.5, 0.6) is 0 Å². The third-order valence-electron chi connectivity index (χ3n) is 4.50. The van der Waals surface area contributed by atoms with E-state index in [1.54, 1.807) is 0 Å². The van der Waals surface area contributed by atoms with Gasteiger partial charge in [-0.05, 0) is 31.1 Å². The summed E-state index contributed by atoms with van der Waals surface area (Å²) in [6.07, 6.45) is 14.0. The standard InChI is InChI=1S/C14H24O/c1-2-12-8-4-3-6-10-14(15)11-7-5-9-13(12)14/h5,7,12-13,15H,2-4,6,8-11H2,1H3/t12-,13+,14+/m0/s1. The maximum Gasteiger partial charge on any atom is 0.0715 e. The van der Waals surface area contributed by atoms with Crippen molar-refractivity contribution < 1.29 is 5.11 Å². The molecule has 0 aromatic rings. The molecule has 0 heterocycles. The lowest BCUT2D eigenvalue weighted by Crippen LogP contribution is -2.43. The predicted molar refractivity (Wildman–Crippen MR) is 63.7 cm³/mol. The summed E-state index contributed by atoms with van der Waals surface area (Å²) in [5.41, 5.74) is -0.365. The Balaban J connectivity index is 2.17. The summed E-state index contributed by atoms with van der Waals surface area (Å²) in [7, 11) is 0. The van der Waals surface area contributed by atoms with E-state index in [1.165, 1.54) is 32.1 Å². The number of allylic oxidation sites excluding steroid dienone is 1. The highest BCUT2D eigenvalue weighted by molar-refractivity contribution is 5.05. The normalized spacial score (nSPS) is 41.7. The number of fused-ring (bicyclic) bond motifs is 1. The van der Waals surface area contributed by atoms with Gasteiger partial charge in [0.2, 0.25) is 0 Å². The van der Waals surface area contributed by atoms with Gasteiger partial charge in [0.25, 0.3) is 0 Å². The summed E-state index contributed by atoms with van der Waals surface area (Å²) in [4.78, 5) is 0. The summed E-state index contributed by atoms with van der Waals surface area (Å²) < 4.78 is 0. The second-order valence-corrected chi connectivity index (χ2v) is 5.39. The van der Waals surface area contributed by atoms with Crippen LogP contribution in [0.15, 0.2) is 12.2 Å². The minimum absolute atomic E-state index is 0.365.